The minimum absolute atomic E-state index is 0.0515. The van der Waals surface area contributed by atoms with Gasteiger partial charge in [0.1, 0.15) is 29.5 Å². The molecule has 0 aliphatic carbocycles. The van der Waals surface area contributed by atoms with Crippen LogP contribution in [0.3, 0.4) is 0 Å². The van der Waals surface area contributed by atoms with Gasteiger partial charge in [0.2, 0.25) is 23.6 Å². The van der Waals surface area contributed by atoms with Gasteiger partial charge in [-0.15, -0.1) is 11.3 Å². The Morgan fingerprint density at radius 2 is 0.895 bits per heavy atom. The number of anilines is 4. The van der Waals surface area contributed by atoms with E-state index in [4.69, 9.17) is 4.98 Å². The number of pyridine rings is 2. The second-order valence-electron chi connectivity index (χ2n) is 29.2. The molecule has 25 heteroatoms. The average Bonchev–Trinajstić information content (AvgIpc) is 0.919. The highest BCUT2D eigenvalue weighted by molar-refractivity contribution is 7.07. The van der Waals surface area contributed by atoms with E-state index in [1.54, 1.807) is 50.7 Å². The van der Waals surface area contributed by atoms with Crippen molar-refractivity contribution in [2.24, 2.45) is 0 Å². The van der Waals surface area contributed by atoms with E-state index in [9.17, 15) is 45.8 Å². The maximum atomic E-state index is 15.3. The van der Waals surface area contributed by atoms with E-state index in [-0.39, 0.29) is 43.5 Å². The van der Waals surface area contributed by atoms with Gasteiger partial charge in [-0.2, -0.15) is 26.3 Å². The summed E-state index contributed by atoms with van der Waals surface area (Å²) >= 11 is 1.40. The summed E-state index contributed by atoms with van der Waals surface area (Å²) in [4.78, 5) is 94.5. The van der Waals surface area contributed by atoms with Crippen molar-refractivity contribution in [1.29, 1.82) is 0 Å². The van der Waals surface area contributed by atoms with Crippen LogP contribution in [0.15, 0.2) is 242 Å². The molecule has 588 valence electrons. The molecule has 4 aliphatic rings. The van der Waals surface area contributed by atoms with E-state index in [1.807, 2.05) is 119 Å². The number of carbonyl (C=O) groups excluding carboxylic acids is 4. The van der Waals surface area contributed by atoms with Gasteiger partial charge in [-0.3, -0.25) is 29.0 Å². The van der Waals surface area contributed by atoms with Gasteiger partial charge in [0.15, 0.2) is 0 Å². The number of hydrogen-bond acceptors (Lipinski definition) is 15. The average molecular weight is 1570 g/mol. The third-order valence-corrected chi connectivity index (χ3v) is 22.2. The Labute approximate surface area is 663 Å². The van der Waals surface area contributed by atoms with Crippen LogP contribution in [0.2, 0.25) is 0 Å². The second-order valence-corrected chi connectivity index (χ2v) is 29.9. The molecule has 0 saturated carbocycles. The van der Waals surface area contributed by atoms with Gasteiger partial charge in [-0.05, 0) is 142 Å². The lowest BCUT2D eigenvalue weighted by atomic mass is 10.0. The van der Waals surface area contributed by atoms with E-state index < -0.39 is 47.4 Å². The molecule has 3 aromatic heterocycles. The van der Waals surface area contributed by atoms with Gasteiger partial charge in [0.25, 0.3) is 0 Å². The van der Waals surface area contributed by atoms with Crippen LogP contribution in [0.4, 0.5) is 49.4 Å². The quantitative estimate of drug-likeness (QED) is 0.0425. The molecule has 4 saturated heterocycles. The molecule has 2 atom stereocenters. The molecule has 4 fully saturated rings. The standard InChI is InChI=1S/C89H89F6N13O5S/c90-88(91,92)73-27-15-65(16-28-73)25-37-84(110)107(61-69-19-31-76(32-20-69)101-48-52-103(53-49-101)82-13-4-5-39-96-82)80(57-67-23-35-78(109)36-24-67)86(112)105-46-42-100(43-47-105)60-71-10-6-11-72(56-71)79-12-7-14-83(98-79)104-54-50-102(51-55-104)77-33-21-70(22-34-77)62-108(85(111)38-26-66-17-29-74(30-18-66)89(93,94)95)81(58-75-63-114-64-97-75)87(113)106-44-40-99(41-45-106)59-68-8-2-1-3-9-68/h1-39,56,63-64,80-81,109H,40-55,57-62H2/b37-25+,38-26+/t80-,81-/m0/s1. The van der Waals surface area contributed by atoms with Gasteiger partial charge in [0.05, 0.1) is 28.0 Å². The number of thiazole rings is 1. The normalized spacial score (nSPS) is 16.0. The lowest BCUT2D eigenvalue weighted by Gasteiger charge is -2.39. The lowest BCUT2D eigenvalue weighted by molar-refractivity contribution is -0.145. The molecule has 10 aromatic rings. The Bertz CT molecular complexity index is 4900. The zero-order valence-corrected chi connectivity index (χ0v) is 63.8. The lowest BCUT2D eigenvalue weighted by Crippen LogP contribution is -2.56. The van der Waals surface area contributed by atoms with Crippen LogP contribution in [0.1, 0.15) is 55.8 Å². The first-order valence-corrected chi connectivity index (χ1v) is 39.4. The van der Waals surface area contributed by atoms with Crippen molar-refractivity contribution >= 4 is 70.1 Å². The number of carbonyl (C=O) groups is 4. The summed E-state index contributed by atoms with van der Waals surface area (Å²) in [7, 11) is 0. The molecule has 0 radical (unpaired) electrons. The third-order valence-electron chi connectivity index (χ3n) is 21.6. The number of rotatable bonds is 25. The molecular formula is C89H89F6N13O5S. The number of aromatic nitrogens is 3. The van der Waals surface area contributed by atoms with Crippen LogP contribution in [0.5, 0.6) is 5.75 Å². The number of piperazine rings is 4. The molecule has 18 nitrogen and oxygen atoms in total. The van der Waals surface area contributed by atoms with Crippen molar-refractivity contribution in [3.63, 3.8) is 0 Å². The largest absolute Gasteiger partial charge is 0.508 e. The van der Waals surface area contributed by atoms with E-state index in [0.717, 1.165) is 114 Å². The summed E-state index contributed by atoms with van der Waals surface area (Å²) in [5.74, 6) is 0.416. The molecule has 7 aromatic carbocycles. The van der Waals surface area contributed by atoms with E-state index in [2.05, 4.69) is 69.7 Å². The molecule has 7 heterocycles. The first-order chi connectivity index (χ1) is 55.2. The molecule has 114 heavy (non-hydrogen) atoms. The first-order valence-electron chi connectivity index (χ1n) is 38.4. The van der Waals surface area contributed by atoms with Crippen molar-refractivity contribution in [3.05, 3.63) is 297 Å². The summed E-state index contributed by atoms with van der Waals surface area (Å²) in [6.07, 6.45) is -1.37. The molecule has 0 unspecified atom stereocenters. The SMILES string of the molecule is O=C([C@H](Cc1ccc(O)cc1)N(Cc1ccc(N2CCN(c3ccccn3)CC2)cc1)C(=O)/C=C/c1ccc(C(F)(F)F)cc1)N1CCN(Cc2cccc(-c3cccc(N4CCN(c5ccc(CN(C(=O)/C=C/c6ccc(C(F)(F)F)cc6)[C@@H](Cc6cscn6)C(=O)N6CCN(Cc7ccccc7)CC6)cc5)CC4)n3)c2)CC1. The highest BCUT2D eigenvalue weighted by atomic mass is 32.1. The maximum absolute atomic E-state index is 15.3. The Hall–Kier alpha value is -11.7. The molecular weight excluding hydrogens is 1480 g/mol. The van der Waals surface area contributed by atoms with Gasteiger partial charge < -0.3 is 44.3 Å². The number of aromatic hydroxyl groups is 1. The number of phenolic OH excluding ortho intramolecular Hbond substituents is 1. The number of benzene rings is 7. The first kappa shape index (κ1) is 79.0. The van der Waals surface area contributed by atoms with Crippen LogP contribution in [-0.4, -0.2) is 190 Å². The molecule has 0 spiro atoms. The smallest absolute Gasteiger partial charge is 0.416 e. The third kappa shape index (κ3) is 20.6. The summed E-state index contributed by atoms with van der Waals surface area (Å²) in [6.45, 7) is 11.5. The van der Waals surface area contributed by atoms with Crippen molar-refractivity contribution < 1.29 is 50.6 Å². The Kier molecular flexibility index (Phi) is 25.2. The summed E-state index contributed by atoms with van der Waals surface area (Å²) in [5.41, 5.74) is 9.86. The van der Waals surface area contributed by atoms with Crippen molar-refractivity contribution in [3.8, 4) is 17.0 Å². The summed E-state index contributed by atoms with van der Waals surface area (Å²) < 4.78 is 81.3. The Balaban J connectivity index is 0.617. The van der Waals surface area contributed by atoms with Gasteiger partial charge in [-0.1, -0.05) is 121 Å². The van der Waals surface area contributed by atoms with Gasteiger partial charge in [-0.25, -0.2) is 15.0 Å². The van der Waals surface area contributed by atoms with Crippen LogP contribution in [0, 0.1) is 0 Å². The monoisotopic (exact) mass is 1570 g/mol. The predicted octanol–water partition coefficient (Wildman–Crippen LogP) is 14.0. The molecule has 0 bridgehead atoms. The fraction of sp³-hybridized carbons (Fsp3) is 0.292. The highest BCUT2D eigenvalue weighted by Crippen LogP contribution is 2.33. The zero-order chi connectivity index (χ0) is 79.1. The fourth-order valence-corrected chi connectivity index (χ4v) is 15.7. The Morgan fingerprint density at radius 1 is 0.439 bits per heavy atom. The number of alkyl halides is 6. The Morgan fingerprint density at radius 3 is 1.39 bits per heavy atom. The van der Waals surface area contributed by atoms with E-state index in [0.29, 0.717) is 102 Å². The minimum Gasteiger partial charge on any atom is -0.508 e. The number of nitrogens with zero attached hydrogens (tertiary/aromatic N) is 13. The van der Waals surface area contributed by atoms with Crippen LogP contribution in [-0.2, 0) is 70.6 Å². The van der Waals surface area contributed by atoms with E-state index in [1.165, 1.54) is 65.5 Å². The fourth-order valence-electron chi connectivity index (χ4n) is 15.1. The van der Waals surface area contributed by atoms with Crippen LogP contribution >= 0.6 is 11.3 Å². The van der Waals surface area contributed by atoms with Crippen molar-refractivity contribution in [2.75, 3.05) is 124 Å². The number of amides is 4. The molecule has 1 N–H and O–H groups in total. The van der Waals surface area contributed by atoms with Gasteiger partial charge in [0, 0.05) is 184 Å². The molecule has 4 amide bonds. The van der Waals surface area contributed by atoms with E-state index >= 15 is 4.79 Å². The van der Waals surface area contributed by atoms with Crippen LogP contribution in [0.25, 0.3) is 23.4 Å². The topological polar surface area (TPSA) is 160 Å². The highest BCUT2D eigenvalue weighted by Gasteiger charge is 2.38. The number of phenols is 1. The molecule has 4 aliphatic heterocycles. The van der Waals surface area contributed by atoms with Crippen LogP contribution < -0.4 is 19.6 Å². The number of halogens is 6. The predicted molar refractivity (Wildman–Crippen MR) is 433 cm³/mol. The molecule has 14 rings (SSSR count). The number of hydrogen-bond donors (Lipinski definition) is 1. The summed E-state index contributed by atoms with van der Waals surface area (Å²) in [6, 6.07) is 60.2. The van der Waals surface area contributed by atoms with Gasteiger partial charge >= 0.3 is 12.4 Å². The maximum Gasteiger partial charge on any atom is 0.416 e. The second kappa shape index (κ2) is 36.4. The zero-order valence-electron chi connectivity index (χ0n) is 63.0. The van der Waals surface area contributed by atoms with Crippen molar-refractivity contribution in [1.82, 2.24) is 44.4 Å². The minimum atomic E-state index is -4.53. The van der Waals surface area contributed by atoms with Crippen molar-refractivity contribution in [2.45, 2.75) is 63.5 Å². The summed E-state index contributed by atoms with van der Waals surface area (Å²) in [5, 5.41) is 12.2.